The van der Waals surface area contributed by atoms with E-state index >= 15 is 0 Å². The van der Waals surface area contributed by atoms with Gasteiger partial charge in [-0.05, 0) is 36.8 Å². The number of nitrogens with two attached hydrogens (primary N) is 1. The Morgan fingerprint density at radius 1 is 1.46 bits per heavy atom. The SMILES string of the molecule is COc1cccc(CC2CC2)c1N. The van der Waals surface area contributed by atoms with Crippen molar-refractivity contribution in [3.8, 4) is 5.75 Å². The molecule has 0 aliphatic heterocycles. The molecule has 0 spiro atoms. The molecule has 0 bridgehead atoms. The number of anilines is 1. The van der Waals surface area contributed by atoms with Crippen LogP contribution in [0, 0.1) is 5.92 Å². The van der Waals surface area contributed by atoms with Crippen molar-refractivity contribution >= 4 is 5.69 Å². The maximum Gasteiger partial charge on any atom is 0.142 e. The molecule has 0 atom stereocenters. The molecule has 0 unspecified atom stereocenters. The van der Waals surface area contributed by atoms with Crippen molar-refractivity contribution in [3.05, 3.63) is 23.8 Å². The van der Waals surface area contributed by atoms with Gasteiger partial charge >= 0.3 is 0 Å². The van der Waals surface area contributed by atoms with Gasteiger partial charge in [-0.3, -0.25) is 0 Å². The molecule has 2 nitrogen and oxygen atoms in total. The number of ether oxygens (including phenoxy) is 1. The lowest BCUT2D eigenvalue weighted by Crippen LogP contribution is -1.98. The minimum absolute atomic E-state index is 0.804. The molecule has 1 fully saturated rings. The maximum atomic E-state index is 5.94. The Balaban J connectivity index is 2.22. The largest absolute Gasteiger partial charge is 0.495 e. The van der Waals surface area contributed by atoms with Crippen LogP contribution >= 0.6 is 0 Å². The molecule has 1 aliphatic carbocycles. The quantitative estimate of drug-likeness (QED) is 0.718. The molecule has 70 valence electrons. The van der Waals surface area contributed by atoms with Gasteiger partial charge in [0.2, 0.25) is 0 Å². The van der Waals surface area contributed by atoms with Gasteiger partial charge in [-0.15, -0.1) is 0 Å². The molecule has 1 aromatic rings. The molecule has 2 rings (SSSR count). The summed E-state index contributed by atoms with van der Waals surface area (Å²) in [6, 6.07) is 6.01. The van der Waals surface area contributed by atoms with Gasteiger partial charge in [-0.2, -0.15) is 0 Å². The van der Waals surface area contributed by atoms with Crippen molar-refractivity contribution in [1.82, 2.24) is 0 Å². The van der Waals surface area contributed by atoms with Crippen LogP contribution in [0.25, 0.3) is 0 Å². The van der Waals surface area contributed by atoms with Gasteiger partial charge in [-0.1, -0.05) is 12.1 Å². The summed E-state index contributed by atoms with van der Waals surface area (Å²) in [5, 5.41) is 0. The molecule has 2 heteroatoms. The number of hydrogen-bond donors (Lipinski definition) is 1. The number of benzene rings is 1. The van der Waals surface area contributed by atoms with E-state index in [0.29, 0.717) is 0 Å². The molecular weight excluding hydrogens is 162 g/mol. The van der Waals surface area contributed by atoms with Crippen LogP contribution in [0.15, 0.2) is 18.2 Å². The van der Waals surface area contributed by atoms with Crippen molar-refractivity contribution in [2.75, 3.05) is 12.8 Å². The molecule has 0 aromatic heterocycles. The van der Waals surface area contributed by atoms with E-state index in [1.165, 1.54) is 18.4 Å². The fraction of sp³-hybridized carbons (Fsp3) is 0.455. The van der Waals surface area contributed by atoms with E-state index in [1.807, 2.05) is 12.1 Å². The monoisotopic (exact) mass is 177 g/mol. The Morgan fingerprint density at radius 3 is 2.85 bits per heavy atom. The topological polar surface area (TPSA) is 35.2 Å². The van der Waals surface area contributed by atoms with Crippen molar-refractivity contribution < 1.29 is 4.74 Å². The zero-order valence-corrected chi connectivity index (χ0v) is 7.92. The third kappa shape index (κ3) is 1.77. The second-order valence-corrected chi connectivity index (χ2v) is 3.68. The highest BCUT2D eigenvalue weighted by Gasteiger charge is 2.22. The molecule has 13 heavy (non-hydrogen) atoms. The number of rotatable bonds is 3. The minimum Gasteiger partial charge on any atom is -0.495 e. The first-order valence-electron chi connectivity index (χ1n) is 4.72. The number of hydrogen-bond acceptors (Lipinski definition) is 2. The highest BCUT2D eigenvalue weighted by molar-refractivity contribution is 5.58. The van der Waals surface area contributed by atoms with Gasteiger partial charge < -0.3 is 10.5 Å². The van der Waals surface area contributed by atoms with E-state index in [2.05, 4.69) is 6.07 Å². The summed E-state index contributed by atoms with van der Waals surface area (Å²) in [4.78, 5) is 0. The molecule has 2 N–H and O–H groups in total. The Kier molecular flexibility index (Phi) is 2.13. The summed E-state index contributed by atoms with van der Waals surface area (Å²) in [5.74, 6) is 1.67. The first-order valence-corrected chi connectivity index (χ1v) is 4.72. The standard InChI is InChI=1S/C11H15NO/c1-13-10-4-2-3-9(11(10)12)7-8-5-6-8/h2-4,8H,5-7,12H2,1H3. The van der Waals surface area contributed by atoms with Crippen LogP contribution in [0.4, 0.5) is 5.69 Å². The Hall–Kier alpha value is -1.18. The highest BCUT2D eigenvalue weighted by Crippen LogP contribution is 2.36. The van der Waals surface area contributed by atoms with E-state index in [-0.39, 0.29) is 0 Å². The third-order valence-electron chi connectivity index (χ3n) is 2.58. The predicted octanol–water partition coefficient (Wildman–Crippen LogP) is 2.23. The second-order valence-electron chi connectivity index (χ2n) is 3.68. The van der Waals surface area contributed by atoms with Crippen LogP contribution in [0.3, 0.4) is 0 Å². The average molecular weight is 177 g/mol. The summed E-state index contributed by atoms with van der Waals surface area (Å²) in [7, 11) is 1.66. The lowest BCUT2D eigenvalue weighted by molar-refractivity contribution is 0.416. The first-order chi connectivity index (χ1) is 6.31. The Bertz CT molecular complexity index is 305. The summed E-state index contributed by atoms with van der Waals surface area (Å²) < 4.78 is 5.16. The zero-order chi connectivity index (χ0) is 9.26. The molecule has 0 saturated heterocycles. The van der Waals surface area contributed by atoms with Crippen molar-refractivity contribution in [1.29, 1.82) is 0 Å². The molecule has 1 aromatic carbocycles. The summed E-state index contributed by atoms with van der Waals surface area (Å²) in [6.45, 7) is 0. The lowest BCUT2D eigenvalue weighted by Gasteiger charge is -2.08. The average Bonchev–Trinajstić information content (AvgIpc) is 2.92. The zero-order valence-electron chi connectivity index (χ0n) is 7.92. The van der Waals surface area contributed by atoms with Gasteiger partial charge in [0.1, 0.15) is 5.75 Å². The van der Waals surface area contributed by atoms with E-state index in [4.69, 9.17) is 10.5 Å². The summed E-state index contributed by atoms with van der Waals surface area (Å²) >= 11 is 0. The number of nitrogen functional groups attached to an aromatic ring is 1. The summed E-state index contributed by atoms with van der Waals surface area (Å²) in [5.41, 5.74) is 8.00. The normalized spacial score (nSPS) is 15.8. The Labute approximate surface area is 78.7 Å². The van der Waals surface area contributed by atoms with Gasteiger partial charge in [0.05, 0.1) is 12.8 Å². The van der Waals surface area contributed by atoms with E-state index in [0.717, 1.165) is 23.8 Å². The first kappa shape index (κ1) is 8.42. The van der Waals surface area contributed by atoms with Crippen molar-refractivity contribution in [3.63, 3.8) is 0 Å². The molecule has 0 amide bonds. The maximum absolute atomic E-state index is 5.94. The van der Waals surface area contributed by atoms with Crippen LogP contribution in [0.1, 0.15) is 18.4 Å². The van der Waals surface area contributed by atoms with E-state index in [9.17, 15) is 0 Å². The smallest absolute Gasteiger partial charge is 0.142 e. The van der Waals surface area contributed by atoms with Crippen LogP contribution in [0.2, 0.25) is 0 Å². The van der Waals surface area contributed by atoms with Gasteiger partial charge in [0.25, 0.3) is 0 Å². The molecule has 0 radical (unpaired) electrons. The van der Waals surface area contributed by atoms with E-state index in [1.54, 1.807) is 7.11 Å². The van der Waals surface area contributed by atoms with Crippen LogP contribution in [0.5, 0.6) is 5.75 Å². The van der Waals surface area contributed by atoms with Gasteiger partial charge in [-0.25, -0.2) is 0 Å². The van der Waals surface area contributed by atoms with Crippen molar-refractivity contribution in [2.24, 2.45) is 5.92 Å². The van der Waals surface area contributed by atoms with Crippen molar-refractivity contribution in [2.45, 2.75) is 19.3 Å². The van der Waals surface area contributed by atoms with E-state index < -0.39 is 0 Å². The van der Waals surface area contributed by atoms with Crippen LogP contribution in [-0.2, 0) is 6.42 Å². The lowest BCUT2D eigenvalue weighted by atomic mass is 10.1. The molecule has 1 saturated carbocycles. The fourth-order valence-corrected chi connectivity index (χ4v) is 1.58. The second kappa shape index (κ2) is 3.29. The number of methoxy groups -OCH3 is 1. The van der Waals surface area contributed by atoms with Crippen LogP contribution < -0.4 is 10.5 Å². The van der Waals surface area contributed by atoms with Crippen LogP contribution in [-0.4, -0.2) is 7.11 Å². The minimum atomic E-state index is 0.804. The van der Waals surface area contributed by atoms with Gasteiger partial charge in [0.15, 0.2) is 0 Å². The Morgan fingerprint density at radius 2 is 2.23 bits per heavy atom. The predicted molar refractivity (Wildman–Crippen MR) is 53.8 cm³/mol. The summed E-state index contributed by atoms with van der Waals surface area (Å²) in [6.07, 6.45) is 3.83. The third-order valence-corrected chi connectivity index (χ3v) is 2.58. The highest BCUT2D eigenvalue weighted by atomic mass is 16.5. The fourth-order valence-electron chi connectivity index (χ4n) is 1.58. The molecule has 1 aliphatic rings. The van der Waals surface area contributed by atoms with Gasteiger partial charge in [0, 0.05) is 0 Å². The molecular formula is C11H15NO. The number of para-hydroxylation sites is 1. The molecule has 0 heterocycles.